The van der Waals surface area contributed by atoms with E-state index in [0.29, 0.717) is 11.3 Å². The minimum absolute atomic E-state index is 0.0746. The Hall–Kier alpha value is -3.16. The zero-order valence-corrected chi connectivity index (χ0v) is 17.9. The lowest BCUT2D eigenvalue weighted by Crippen LogP contribution is -2.28. The second-order valence-electron chi connectivity index (χ2n) is 6.91. The van der Waals surface area contributed by atoms with Crippen LogP contribution in [0.1, 0.15) is 22.0 Å². The fourth-order valence-corrected chi connectivity index (χ4v) is 4.53. The normalized spacial score (nSPS) is 17.9. The Balaban J connectivity index is 1.86. The number of thiophene rings is 1. The number of aliphatic hydroxyl groups excluding tert-OH is 1. The van der Waals surface area contributed by atoms with Gasteiger partial charge in [-0.3, -0.25) is 9.59 Å². The number of ketones is 1. The Kier molecular flexibility index (Phi) is 5.80. The first-order chi connectivity index (χ1) is 14.9. The molecule has 1 saturated heterocycles. The largest absolute Gasteiger partial charge is 0.507 e. The third kappa shape index (κ3) is 3.94. The summed E-state index contributed by atoms with van der Waals surface area (Å²) < 4.78 is 18.7. The first-order valence-electron chi connectivity index (χ1n) is 9.31. The van der Waals surface area contributed by atoms with Crippen molar-refractivity contribution in [1.82, 2.24) is 4.90 Å². The highest BCUT2D eigenvalue weighted by atomic mass is 35.5. The van der Waals surface area contributed by atoms with E-state index in [2.05, 4.69) is 0 Å². The van der Waals surface area contributed by atoms with Gasteiger partial charge in [0.25, 0.3) is 11.7 Å². The van der Waals surface area contributed by atoms with Gasteiger partial charge in [-0.2, -0.15) is 0 Å². The fraction of sp³-hybridized carbons (Fsp3) is 0.130. The van der Waals surface area contributed by atoms with Crippen LogP contribution in [0, 0.1) is 5.82 Å². The van der Waals surface area contributed by atoms with Crippen LogP contribution in [0.4, 0.5) is 4.39 Å². The summed E-state index contributed by atoms with van der Waals surface area (Å²) in [6.07, 6.45) is 0. The average Bonchev–Trinajstić information content (AvgIpc) is 3.36. The lowest BCUT2D eigenvalue weighted by atomic mass is 9.95. The van der Waals surface area contributed by atoms with Gasteiger partial charge in [0.15, 0.2) is 0 Å². The average molecular weight is 458 g/mol. The second-order valence-corrected chi connectivity index (χ2v) is 8.35. The standard InChI is InChI=1S/C23H17ClFNO4S/c1-30-18-9-6-14(11-17(18)24)21(27)19-20(13-4-7-15(25)8-5-13)26(23(29)22(19)28)12-16-3-2-10-31-16/h2-11,20,27H,12H2,1H3/b21-19-. The van der Waals surface area contributed by atoms with Crippen molar-refractivity contribution >= 4 is 40.4 Å². The van der Waals surface area contributed by atoms with Crippen LogP contribution in [-0.2, 0) is 16.1 Å². The quantitative estimate of drug-likeness (QED) is 0.326. The number of methoxy groups -OCH3 is 1. The van der Waals surface area contributed by atoms with Gasteiger partial charge in [0, 0.05) is 10.4 Å². The van der Waals surface area contributed by atoms with E-state index < -0.39 is 23.5 Å². The Morgan fingerprint density at radius 2 is 1.94 bits per heavy atom. The molecule has 8 heteroatoms. The number of hydrogen-bond donors (Lipinski definition) is 1. The van der Waals surface area contributed by atoms with E-state index in [9.17, 15) is 19.1 Å². The van der Waals surface area contributed by atoms with Crippen LogP contribution in [0.5, 0.6) is 5.75 Å². The molecule has 1 N–H and O–H groups in total. The minimum atomic E-state index is -0.872. The van der Waals surface area contributed by atoms with Crippen LogP contribution in [-0.4, -0.2) is 28.8 Å². The van der Waals surface area contributed by atoms with Crippen LogP contribution in [0.25, 0.3) is 5.76 Å². The number of ether oxygens (including phenoxy) is 1. The summed E-state index contributed by atoms with van der Waals surface area (Å²) in [5.74, 6) is -1.93. The highest BCUT2D eigenvalue weighted by Gasteiger charge is 2.46. The van der Waals surface area contributed by atoms with E-state index in [0.717, 1.165) is 4.88 Å². The number of rotatable bonds is 5. The van der Waals surface area contributed by atoms with Crippen molar-refractivity contribution in [3.8, 4) is 5.75 Å². The first-order valence-corrected chi connectivity index (χ1v) is 10.6. The molecular formula is C23H17ClFNO4S. The summed E-state index contributed by atoms with van der Waals surface area (Å²) in [6.45, 7) is 0.185. The van der Waals surface area contributed by atoms with Crippen LogP contribution in [0.2, 0.25) is 5.02 Å². The van der Waals surface area contributed by atoms with Gasteiger partial charge in [0.1, 0.15) is 17.3 Å². The number of likely N-dealkylation sites (tertiary alicyclic amines) is 1. The summed E-state index contributed by atoms with van der Waals surface area (Å²) in [6, 6.07) is 12.9. The maximum Gasteiger partial charge on any atom is 0.295 e. The number of halogens is 2. The summed E-state index contributed by atoms with van der Waals surface area (Å²) in [7, 11) is 1.46. The molecule has 4 rings (SSSR count). The number of nitrogens with zero attached hydrogens (tertiary/aromatic N) is 1. The summed E-state index contributed by atoms with van der Waals surface area (Å²) in [5.41, 5.74) is 0.708. The molecule has 0 bridgehead atoms. The molecule has 2 aromatic carbocycles. The molecule has 1 fully saturated rings. The molecule has 31 heavy (non-hydrogen) atoms. The van der Waals surface area contributed by atoms with E-state index in [-0.39, 0.29) is 28.5 Å². The van der Waals surface area contributed by atoms with Gasteiger partial charge < -0.3 is 14.7 Å². The molecule has 3 aromatic rings. The molecular weight excluding hydrogens is 441 g/mol. The van der Waals surface area contributed by atoms with E-state index in [4.69, 9.17) is 16.3 Å². The zero-order valence-electron chi connectivity index (χ0n) is 16.3. The second kappa shape index (κ2) is 8.53. The van der Waals surface area contributed by atoms with Gasteiger partial charge in [-0.1, -0.05) is 29.8 Å². The van der Waals surface area contributed by atoms with Crippen molar-refractivity contribution in [1.29, 1.82) is 0 Å². The van der Waals surface area contributed by atoms with Crippen LogP contribution in [0.15, 0.2) is 65.6 Å². The van der Waals surface area contributed by atoms with Crippen molar-refractivity contribution < 1.29 is 23.8 Å². The summed E-state index contributed by atoms with van der Waals surface area (Å²) in [5, 5.41) is 13.2. The molecule has 158 valence electrons. The number of hydrogen-bond acceptors (Lipinski definition) is 5. The minimum Gasteiger partial charge on any atom is -0.507 e. The number of carbonyl (C=O) groups is 2. The maximum atomic E-state index is 13.5. The fourth-order valence-electron chi connectivity index (χ4n) is 3.57. The van der Waals surface area contributed by atoms with Crippen molar-refractivity contribution in [2.45, 2.75) is 12.6 Å². The first kappa shape index (κ1) is 21.1. The number of amides is 1. The van der Waals surface area contributed by atoms with Crippen molar-refractivity contribution in [3.05, 3.63) is 92.4 Å². The molecule has 1 aliphatic rings. The number of Topliss-reactive ketones (excluding diaryl/α,β-unsaturated/α-hetero) is 1. The van der Waals surface area contributed by atoms with Gasteiger partial charge in [-0.05, 0) is 47.3 Å². The van der Waals surface area contributed by atoms with Crippen molar-refractivity contribution in [2.75, 3.05) is 7.11 Å². The topological polar surface area (TPSA) is 66.8 Å². The van der Waals surface area contributed by atoms with Gasteiger partial charge in [-0.25, -0.2) is 4.39 Å². The predicted molar refractivity (Wildman–Crippen MR) is 117 cm³/mol. The monoisotopic (exact) mass is 457 g/mol. The SMILES string of the molecule is COc1ccc(/C(O)=C2/C(=O)C(=O)N(Cc3cccs3)C2c2ccc(F)cc2)cc1Cl. The van der Waals surface area contributed by atoms with Crippen molar-refractivity contribution in [2.24, 2.45) is 0 Å². The highest BCUT2D eigenvalue weighted by Crippen LogP contribution is 2.41. The Bertz CT molecular complexity index is 1170. The van der Waals surface area contributed by atoms with E-state index in [1.165, 1.54) is 53.7 Å². The summed E-state index contributed by atoms with van der Waals surface area (Å²) in [4.78, 5) is 28.2. The summed E-state index contributed by atoms with van der Waals surface area (Å²) >= 11 is 7.63. The Labute approximate surface area is 187 Å². The van der Waals surface area contributed by atoms with E-state index in [1.807, 2.05) is 17.5 Å². The molecule has 5 nitrogen and oxygen atoms in total. The molecule has 1 aliphatic heterocycles. The Morgan fingerprint density at radius 3 is 2.55 bits per heavy atom. The molecule has 0 saturated carbocycles. The van der Waals surface area contributed by atoms with Crippen LogP contribution < -0.4 is 4.74 Å². The molecule has 1 atom stereocenters. The van der Waals surface area contributed by atoms with E-state index in [1.54, 1.807) is 12.1 Å². The van der Waals surface area contributed by atoms with Gasteiger partial charge in [0.2, 0.25) is 0 Å². The molecule has 1 aromatic heterocycles. The lowest BCUT2D eigenvalue weighted by molar-refractivity contribution is -0.140. The highest BCUT2D eigenvalue weighted by molar-refractivity contribution is 7.09. The third-order valence-corrected chi connectivity index (χ3v) is 6.21. The Morgan fingerprint density at radius 1 is 1.19 bits per heavy atom. The maximum absolute atomic E-state index is 13.5. The van der Waals surface area contributed by atoms with Crippen LogP contribution >= 0.6 is 22.9 Å². The lowest BCUT2D eigenvalue weighted by Gasteiger charge is -2.25. The van der Waals surface area contributed by atoms with Gasteiger partial charge in [0.05, 0.1) is 30.3 Å². The van der Waals surface area contributed by atoms with Crippen LogP contribution in [0.3, 0.4) is 0 Å². The smallest absolute Gasteiger partial charge is 0.295 e. The molecule has 2 heterocycles. The number of carbonyl (C=O) groups excluding carboxylic acids is 2. The third-order valence-electron chi connectivity index (χ3n) is 5.06. The van der Waals surface area contributed by atoms with Crippen molar-refractivity contribution in [3.63, 3.8) is 0 Å². The molecule has 0 spiro atoms. The van der Waals surface area contributed by atoms with Gasteiger partial charge >= 0.3 is 0 Å². The van der Waals surface area contributed by atoms with Gasteiger partial charge in [-0.15, -0.1) is 11.3 Å². The van der Waals surface area contributed by atoms with E-state index >= 15 is 0 Å². The molecule has 1 unspecified atom stereocenters. The zero-order chi connectivity index (χ0) is 22.1. The molecule has 1 amide bonds. The number of benzene rings is 2. The molecule has 0 radical (unpaired) electrons. The molecule has 0 aliphatic carbocycles. The number of aliphatic hydroxyl groups is 1. The predicted octanol–water partition coefficient (Wildman–Crippen LogP) is 5.17.